The van der Waals surface area contributed by atoms with Crippen molar-refractivity contribution in [2.45, 2.75) is 64.8 Å². The minimum absolute atomic E-state index is 0.0192. The molecule has 0 aromatic heterocycles. The fourth-order valence-electron chi connectivity index (χ4n) is 3.13. The van der Waals surface area contributed by atoms with Gasteiger partial charge in [0.15, 0.2) is 0 Å². The Morgan fingerprint density at radius 2 is 1.81 bits per heavy atom. The Kier molecular flexibility index (Phi) is 8.41. The Morgan fingerprint density at radius 3 is 2.42 bits per heavy atom. The van der Waals surface area contributed by atoms with E-state index in [1.165, 1.54) is 11.8 Å². The lowest BCUT2D eigenvalue weighted by atomic mass is 10.1. The molecule has 1 heterocycles. The number of carbonyl (C=O) groups is 4. The molecule has 2 atom stereocenters. The number of nitrogens with one attached hydrogen (secondary N) is 1. The van der Waals surface area contributed by atoms with Gasteiger partial charge in [-0.2, -0.15) is 0 Å². The standard InChI is InChI=1S/C22H30N2O7/c1-15(25)29-14-17(23-21(28)30-13-16-9-6-5-7-10-16)19(26)24-12-8-11-18(24)20(27)31-22(2,3)4/h5-7,9-10,17-18H,8,11-14H2,1-4H3,(H,23,28). The smallest absolute Gasteiger partial charge is 0.408 e. The Balaban J connectivity index is 2.04. The van der Waals surface area contributed by atoms with Crippen molar-refractivity contribution in [2.24, 2.45) is 0 Å². The number of esters is 2. The molecular weight excluding hydrogens is 404 g/mol. The number of likely N-dealkylation sites (tertiary alicyclic amines) is 1. The lowest BCUT2D eigenvalue weighted by Crippen LogP contribution is -2.54. The fourth-order valence-corrected chi connectivity index (χ4v) is 3.13. The maximum atomic E-state index is 13.1. The van der Waals surface area contributed by atoms with E-state index in [1.54, 1.807) is 32.9 Å². The van der Waals surface area contributed by atoms with Crippen molar-refractivity contribution in [3.8, 4) is 0 Å². The number of rotatable bonds is 7. The fraction of sp³-hybridized carbons (Fsp3) is 0.545. The first-order valence-electron chi connectivity index (χ1n) is 10.2. The minimum atomic E-state index is -1.18. The van der Waals surface area contributed by atoms with Crippen molar-refractivity contribution < 1.29 is 33.4 Å². The molecule has 1 aromatic rings. The lowest BCUT2D eigenvalue weighted by Gasteiger charge is -2.30. The second kappa shape index (κ2) is 10.8. The highest BCUT2D eigenvalue weighted by Gasteiger charge is 2.40. The molecule has 1 aromatic carbocycles. The van der Waals surface area contributed by atoms with Crippen LogP contribution in [0.4, 0.5) is 4.79 Å². The van der Waals surface area contributed by atoms with Crippen LogP contribution in [0.15, 0.2) is 30.3 Å². The molecule has 2 rings (SSSR count). The summed E-state index contributed by atoms with van der Waals surface area (Å²) in [6.45, 7) is 6.44. The first-order chi connectivity index (χ1) is 14.6. The zero-order chi connectivity index (χ0) is 23.0. The van der Waals surface area contributed by atoms with Crippen LogP contribution in [0.25, 0.3) is 0 Å². The molecule has 1 fully saturated rings. The molecule has 170 valence electrons. The van der Waals surface area contributed by atoms with Crippen molar-refractivity contribution >= 4 is 23.9 Å². The van der Waals surface area contributed by atoms with Gasteiger partial charge in [-0.1, -0.05) is 30.3 Å². The van der Waals surface area contributed by atoms with Crippen molar-refractivity contribution in [2.75, 3.05) is 13.2 Å². The number of benzene rings is 1. The van der Waals surface area contributed by atoms with Crippen molar-refractivity contribution in [3.63, 3.8) is 0 Å². The quantitative estimate of drug-likeness (QED) is 0.517. The average Bonchev–Trinajstić information content (AvgIpc) is 3.18. The summed E-state index contributed by atoms with van der Waals surface area (Å²) in [6.07, 6.45) is 0.246. The van der Waals surface area contributed by atoms with Crippen LogP contribution in [0, 0.1) is 0 Å². The number of nitrogens with zero attached hydrogens (tertiary/aromatic N) is 1. The third-order valence-corrected chi connectivity index (χ3v) is 4.47. The van der Waals surface area contributed by atoms with Crippen molar-refractivity contribution in [3.05, 3.63) is 35.9 Å². The Labute approximate surface area is 182 Å². The van der Waals surface area contributed by atoms with Crippen LogP contribution in [0.5, 0.6) is 0 Å². The molecule has 0 spiro atoms. The molecule has 1 aliphatic rings. The van der Waals surface area contributed by atoms with E-state index in [0.29, 0.717) is 19.4 Å². The summed E-state index contributed by atoms with van der Waals surface area (Å²) < 4.78 is 15.5. The summed E-state index contributed by atoms with van der Waals surface area (Å²) in [6, 6.07) is 7.12. The van der Waals surface area contributed by atoms with Gasteiger partial charge in [-0.3, -0.25) is 9.59 Å². The lowest BCUT2D eigenvalue weighted by molar-refractivity contribution is -0.164. The van der Waals surface area contributed by atoms with Gasteiger partial charge in [-0.25, -0.2) is 9.59 Å². The molecule has 0 bridgehead atoms. The van der Waals surface area contributed by atoms with Crippen LogP contribution in [0.1, 0.15) is 46.1 Å². The van der Waals surface area contributed by atoms with E-state index < -0.39 is 41.6 Å². The number of hydrogen-bond acceptors (Lipinski definition) is 7. The predicted molar refractivity (Wildman–Crippen MR) is 111 cm³/mol. The minimum Gasteiger partial charge on any atom is -0.463 e. The summed E-state index contributed by atoms with van der Waals surface area (Å²) in [4.78, 5) is 50.5. The van der Waals surface area contributed by atoms with E-state index in [4.69, 9.17) is 14.2 Å². The summed E-state index contributed by atoms with van der Waals surface area (Å²) >= 11 is 0. The topological polar surface area (TPSA) is 111 Å². The van der Waals surface area contributed by atoms with Gasteiger partial charge < -0.3 is 24.4 Å². The zero-order valence-corrected chi connectivity index (χ0v) is 18.4. The highest BCUT2D eigenvalue weighted by Crippen LogP contribution is 2.22. The van der Waals surface area contributed by atoms with Crippen LogP contribution >= 0.6 is 0 Å². The largest absolute Gasteiger partial charge is 0.463 e. The van der Waals surface area contributed by atoms with Gasteiger partial charge in [0.25, 0.3) is 0 Å². The maximum Gasteiger partial charge on any atom is 0.408 e. The number of carbonyl (C=O) groups excluding carboxylic acids is 4. The van der Waals surface area contributed by atoms with Crippen molar-refractivity contribution in [1.29, 1.82) is 0 Å². The molecule has 0 aliphatic carbocycles. The summed E-state index contributed by atoms with van der Waals surface area (Å²) in [7, 11) is 0. The molecule has 0 radical (unpaired) electrons. The SMILES string of the molecule is CC(=O)OCC(NC(=O)OCc1ccccc1)C(=O)N1CCCC1C(=O)OC(C)(C)C. The van der Waals surface area contributed by atoms with Gasteiger partial charge in [0.1, 0.15) is 30.9 Å². The third kappa shape index (κ3) is 7.92. The highest BCUT2D eigenvalue weighted by molar-refractivity contribution is 5.90. The third-order valence-electron chi connectivity index (χ3n) is 4.47. The zero-order valence-electron chi connectivity index (χ0n) is 18.4. The van der Waals surface area contributed by atoms with Crippen LogP contribution in [-0.4, -0.2) is 59.7 Å². The second-order valence-corrected chi connectivity index (χ2v) is 8.28. The molecule has 9 heteroatoms. The molecular formula is C22H30N2O7. The molecule has 2 amide bonds. The number of hydrogen-bond donors (Lipinski definition) is 1. The predicted octanol–water partition coefficient (Wildman–Crippen LogP) is 2.18. The molecule has 1 N–H and O–H groups in total. The van der Waals surface area contributed by atoms with E-state index in [-0.39, 0.29) is 13.2 Å². The Hall–Kier alpha value is -3.10. The van der Waals surface area contributed by atoms with E-state index in [9.17, 15) is 19.2 Å². The van der Waals surface area contributed by atoms with Gasteiger partial charge in [-0.05, 0) is 39.2 Å². The summed E-state index contributed by atoms with van der Waals surface area (Å²) in [5.74, 6) is -1.63. The maximum absolute atomic E-state index is 13.1. The highest BCUT2D eigenvalue weighted by atomic mass is 16.6. The summed E-state index contributed by atoms with van der Waals surface area (Å²) in [5, 5.41) is 2.45. The van der Waals surface area contributed by atoms with Crippen LogP contribution in [0.3, 0.4) is 0 Å². The van der Waals surface area contributed by atoms with Crippen LogP contribution in [0.2, 0.25) is 0 Å². The van der Waals surface area contributed by atoms with Gasteiger partial charge in [-0.15, -0.1) is 0 Å². The summed E-state index contributed by atoms with van der Waals surface area (Å²) in [5.41, 5.74) is 0.0930. The van der Waals surface area contributed by atoms with Gasteiger partial charge in [0.2, 0.25) is 5.91 Å². The second-order valence-electron chi connectivity index (χ2n) is 8.28. The van der Waals surface area contributed by atoms with Gasteiger partial charge >= 0.3 is 18.0 Å². The number of alkyl carbamates (subject to hydrolysis) is 1. The Bertz CT molecular complexity index is 789. The Morgan fingerprint density at radius 1 is 1.13 bits per heavy atom. The van der Waals surface area contributed by atoms with Gasteiger partial charge in [0, 0.05) is 13.5 Å². The molecule has 9 nitrogen and oxygen atoms in total. The molecule has 31 heavy (non-hydrogen) atoms. The van der Waals surface area contributed by atoms with E-state index in [2.05, 4.69) is 5.32 Å². The molecule has 1 aliphatic heterocycles. The normalized spacial score (nSPS) is 16.9. The first kappa shape index (κ1) is 24.2. The number of amides is 2. The van der Waals surface area contributed by atoms with E-state index >= 15 is 0 Å². The van der Waals surface area contributed by atoms with Crippen LogP contribution < -0.4 is 5.32 Å². The van der Waals surface area contributed by atoms with Crippen molar-refractivity contribution in [1.82, 2.24) is 10.2 Å². The van der Waals surface area contributed by atoms with Gasteiger partial charge in [0.05, 0.1) is 0 Å². The van der Waals surface area contributed by atoms with E-state index in [0.717, 1.165) is 5.56 Å². The molecule has 0 saturated carbocycles. The van der Waals surface area contributed by atoms with E-state index in [1.807, 2.05) is 18.2 Å². The average molecular weight is 434 g/mol. The molecule has 2 unspecified atom stereocenters. The first-order valence-corrected chi connectivity index (χ1v) is 10.2. The molecule has 1 saturated heterocycles. The monoisotopic (exact) mass is 434 g/mol. The number of ether oxygens (including phenoxy) is 3. The van der Waals surface area contributed by atoms with Crippen LogP contribution in [-0.2, 0) is 35.2 Å².